The van der Waals surface area contributed by atoms with Crippen LogP contribution in [0.2, 0.25) is 0 Å². The number of halogens is 2. The lowest BCUT2D eigenvalue weighted by atomic mass is 10.3. The van der Waals surface area contributed by atoms with Crippen LogP contribution in [0.3, 0.4) is 0 Å². The monoisotopic (exact) mass is 231 g/mol. The first kappa shape index (κ1) is 9.52. The van der Waals surface area contributed by atoms with Crippen LogP contribution in [0.25, 0.3) is 0 Å². The molecule has 0 bridgehead atoms. The lowest BCUT2D eigenvalue weighted by molar-refractivity contribution is 0.307. The quantitative estimate of drug-likeness (QED) is 0.777. The zero-order valence-corrected chi connectivity index (χ0v) is 8.10. The van der Waals surface area contributed by atoms with Gasteiger partial charge < -0.3 is 4.74 Å². The molecule has 3 heteroatoms. The maximum atomic E-state index is 13.0. The van der Waals surface area contributed by atoms with Gasteiger partial charge in [-0.05, 0) is 31.5 Å². The van der Waals surface area contributed by atoms with Crippen molar-refractivity contribution in [2.24, 2.45) is 0 Å². The Hall–Kier alpha value is -0.570. The van der Waals surface area contributed by atoms with Crippen molar-refractivity contribution in [1.29, 1.82) is 0 Å². The van der Waals surface area contributed by atoms with Gasteiger partial charge in [0.2, 0.25) is 0 Å². The summed E-state index contributed by atoms with van der Waals surface area (Å²) >= 11 is 3.16. The number of rotatable bonds is 3. The second-order valence-corrected chi connectivity index (χ2v) is 3.19. The summed E-state index contributed by atoms with van der Waals surface area (Å²) in [7, 11) is 0. The van der Waals surface area contributed by atoms with Crippen LogP contribution in [-0.4, -0.2) is 6.61 Å². The van der Waals surface area contributed by atoms with Crippen molar-refractivity contribution in [1.82, 2.24) is 0 Å². The average Bonchev–Trinajstić information content (AvgIpc) is 2.03. The van der Waals surface area contributed by atoms with E-state index in [1.165, 1.54) is 6.07 Å². The maximum absolute atomic E-state index is 13.0. The Morgan fingerprint density at radius 2 is 2.25 bits per heavy atom. The van der Waals surface area contributed by atoms with Crippen LogP contribution < -0.4 is 4.74 Å². The number of hydrogen-bond donors (Lipinski definition) is 0. The van der Waals surface area contributed by atoms with E-state index in [4.69, 9.17) is 4.74 Å². The second-order valence-electron chi connectivity index (χ2n) is 2.28. The molecule has 1 nitrogen and oxygen atoms in total. The summed E-state index contributed by atoms with van der Waals surface area (Å²) in [5.41, 5.74) is 0. The van der Waals surface area contributed by atoms with Crippen molar-refractivity contribution in [3.8, 4) is 5.75 Å². The number of hydrogen-bond acceptors (Lipinski definition) is 1. The van der Waals surface area contributed by atoms with Crippen LogP contribution in [0.4, 0.5) is 4.39 Å². The van der Waals surface area contributed by atoms with Crippen molar-refractivity contribution in [3.63, 3.8) is 0 Å². The van der Waals surface area contributed by atoms with Crippen LogP contribution in [0.1, 0.15) is 6.42 Å². The predicted molar refractivity (Wildman–Crippen MR) is 49.6 cm³/mol. The molecule has 0 unspecified atom stereocenters. The topological polar surface area (TPSA) is 9.23 Å². The maximum Gasteiger partial charge on any atom is 0.166 e. The molecule has 0 spiro atoms. The van der Waals surface area contributed by atoms with Gasteiger partial charge in [0, 0.05) is 4.47 Å². The zero-order valence-electron chi connectivity index (χ0n) is 6.52. The fourth-order valence-corrected chi connectivity index (χ4v) is 1.11. The Morgan fingerprint density at radius 1 is 1.50 bits per heavy atom. The van der Waals surface area contributed by atoms with Gasteiger partial charge in [-0.2, -0.15) is 0 Å². The Balaban J connectivity index is 2.72. The second kappa shape index (κ2) is 4.45. The van der Waals surface area contributed by atoms with E-state index in [1.54, 1.807) is 12.1 Å². The summed E-state index contributed by atoms with van der Waals surface area (Å²) in [6, 6.07) is 4.70. The van der Waals surface area contributed by atoms with E-state index < -0.39 is 0 Å². The van der Waals surface area contributed by atoms with Crippen molar-refractivity contribution >= 4 is 15.9 Å². The number of benzene rings is 1. The summed E-state index contributed by atoms with van der Waals surface area (Å²) in [4.78, 5) is 0. The SMILES string of the molecule is [CH2]CCOc1ccc(Br)cc1F. The third kappa shape index (κ3) is 2.48. The summed E-state index contributed by atoms with van der Waals surface area (Å²) in [6.45, 7) is 4.03. The highest BCUT2D eigenvalue weighted by molar-refractivity contribution is 9.10. The molecule has 0 aliphatic carbocycles. The van der Waals surface area contributed by atoms with Crippen LogP contribution in [0.5, 0.6) is 5.75 Å². The van der Waals surface area contributed by atoms with E-state index in [9.17, 15) is 4.39 Å². The Kier molecular flexibility index (Phi) is 3.53. The Morgan fingerprint density at radius 3 is 2.83 bits per heavy atom. The molecule has 0 aliphatic heterocycles. The van der Waals surface area contributed by atoms with Gasteiger partial charge in [-0.15, -0.1) is 0 Å². The molecule has 12 heavy (non-hydrogen) atoms. The molecule has 0 saturated heterocycles. The molecule has 0 aromatic heterocycles. The molecule has 1 radical (unpaired) electrons. The predicted octanol–water partition coefficient (Wildman–Crippen LogP) is 3.19. The molecule has 0 fully saturated rings. The highest BCUT2D eigenvalue weighted by Gasteiger charge is 2.01. The summed E-state index contributed by atoms with van der Waals surface area (Å²) in [5.74, 6) is -0.0697. The van der Waals surface area contributed by atoms with Gasteiger partial charge in [-0.25, -0.2) is 4.39 Å². The standard InChI is InChI=1S/C9H9BrFO/c1-2-5-12-9-4-3-7(10)6-8(9)11/h3-4,6H,1-2,5H2. The van der Waals surface area contributed by atoms with Gasteiger partial charge in [-0.1, -0.05) is 15.9 Å². The Labute approximate surface area is 79.7 Å². The highest BCUT2D eigenvalue weighted by Crippen LogP contribution is 2.21. The van der Waals surface area contributed by atoms with E-state index in [-0.39, 0.29) is 11.6 Å². The molecule has 0 aliphatic rings. The normalized spacial score (nSPS) is 9.92. The molecule has 0 amide bonds. The molecule has 0 atom stereocenters. The van der Waals surface area contributed by atoms with Crippen LogP contribution in [0.15, 0.2) is 22.7 Å². The van der Waals surface area contributed by atoms with Gasteiger partial charge >= 0.3 is 0 Å². The van der Waals surface area contributed by atoms with Crippen LogP contribution in [-0.2, 0) is 0 Å². The van der Waals surface area contributed by atoms with Gasteiger partial charge in [0.15, 0.2) is 11.6 Å². The first-order valence-electron chi connectivity index (χ1n) is 3.61. The van der Waals surface area contributed by atoms with Crippen molar-refractivity contribution in [3.05, 3.63) is 35.4 Å². The van der Waals surface area contributed by atoms with Gasteiger partial charge in [0.05, 0.1) is 6.61 Å². The van der Waals surface area contributed by atoms with Gasteiger partial charge in [0.1, 0.15) is 0 Å². The fourth-order valence-electron chi connectivity index (χ4n) is 0.774. The van der Waals surface area contributed by atoms with E-state index in [2.05, 4.69) is 22.9 Å². The third-order valence-electron chi connectivity index (χ3n) is 1.30. The molecule has 1 rings (SSSR count). The first-order valence-corrected chi connectivity index (χ1v) is 4.40. The van der Waals surface area contributed by atoms with E-state index in [1.807, 2.05) is 0 Å². The minimum atomic E-state index is -0.349. The summed E-state index contributed by atoms with van der Waals surface area (Å²) in [5, 5.41) is 0. The molecule has 65 valence electrons. The molecule has 0 heterocycles. The fraction of sp³-hybridized carbons (Fsp3) is 0.222. The van der Waals surface area contributed by atoms with E-state index in [0.717, 1.165) is 0 Å². The zero-order chi connectivity index (χ0) is 8.97. The smallest absolute Gasteiger partial charge is 0.166 e. The van der Waals surface area contributed by atoms with Crippen molar-refractivity contribution < 1.29 is 9.13 Å². The summed E-state index contributed by atoms with van der Waals surface area (Å²) in [6.07, 6.45) is 0.634. The highest BCUT2D eigenvalue weighted by atomic mass is 79.9. The van der Waals surface area contributed by atoms with Crippen molar-refractivity contribution in [2.45, 2.75) is 6.42 Å². The summed E-state index contributed by atoms with van der Waals surface area (Å²) < 4.78 is 18.8. The van der Waals surface area contributed by atoms with E-state index in [0.29, 0.717) is 17.5 Å². The molecule has 1 aromatic carbocycles. The lowest BCUT2D eigenvalue weighted by Gasteiger charge is -2.04. The average molecular weight is 232 g/mol. The Bertz CT molecular complexity index is 263. The van der Waals surface area contributed by atoms with E-state index >= 15 is 0 Å². The molecule has 0 N–H and O–H groups in total. The van der Waals surface area contributed by atoms with Gasteiger partial charge in [-0.3, -0.25) is 0 Å². The number of ether oxygens (including phenoxy) is 1. The lowest BCUT2D eigenvalue weighted by Crippen LogP contribution is -1.97. The first-order chi connectivity index (χ1) is 5.74. The molecular formula is C9H9BrFO. The van der Waals surface area contributed by atoms with Crippen molar-refractivity contribution in [2.75, 3.05) is 6.61 Å². The van der Waals surface area contributed by atoms with Crippen LogP contribution in [0, 0.1) is 12.7 Å². The van der Waals surface area contributed by atoms with Crippen LogP contribution >= 0.6 is 15.9 Å². The minimum Gasteiger partial charge on any atom is -0.491 e. The molecule has 1 aromatic rings. The minimum absolute atomic E-state index is 0.279. The molecule has 0 saturated carbocycles. The third-order valence-corrected chi connectivity index (χ3v) is 1.79. The molecular weight excluding hydrogens is 223 g/mol. The largest absolute Gasteiger partial charge is 0.491 e. The van der Waals surface area contributed by atoms with Gasteiger partial charge in [0.25, 0.3) is 0 Å².